The van der Waals surface area contributed by atoms with Crippen molar-refractivity contribution in [1.82, 2.24) is 10.3 Å². The lowest BCUT2D eigenvalue weighted by molar-refractivity contribution is -0.382. The summed E-state index contributed by atoms with van der Waals surface area (Å²) < 4.78 is 160. The van der Waals surface area contributed by atoms with Gasteiger partial charge in [0.1, 0.15) is 17.1 Å². The maximum absolute atomic E-state index is 14.3. The zero-order valence-electron chi connectivity index (χ0n) is 22.0. The number of hydrogen-bond acceptors (Lipinski definition) is 8. The fourth-order valence-electron chi connectivity index (χ4n) is 4.09. The Hall–Kier alpha value is -3.85. The second kappa shape index (κ2) is 9.84. The smallest absolute Gasteiger partial charge is 0.438 e. The summed E-state index contributed by atoms with van der Waals surface area (Å²) in [4.78, 5) is 4.24. The first-order valence-electron chi connectivity index (χ1n) is 11.8. The fraction of sp³-hybridized carbons (Fsp3) is 0.400. The molecular formula is C25H20F9N3O5S. The molecule has 1 aromatic heterocycles. The minimum absolute atomic E-state index is 0.0265. The first kappa shape index (κ1) is 32.1. The van der Waals surface area contributed by atoms with Crippen LogP contribution in [0.15, 0.2) is 42.4 Å². The molecule has 0 fully saturated rings. The standard InChI is InChI=1S/C25H20F9N3O5S/c1-20(2,40-3)7-6-13-8-16-19(36-11-13)41-17-5-4-14(9-15(17)21(16)10-18(35)37-12-21)42-43(38,39)25(33,34)23(28,29)22(26,27)24(30,31)32/h4-5,8-11,37H,12,35H2,1-3H3/t21-/m1/s1. The Morgan fingerprint density at radius 2 is 1.67 bits per heavy atom. The van der Waals surface area contributed by atoms with Crippen LogP contribution < -0.4 is 20.0 Å². The third-order valence-electron chi connectivity index (χ3n) is 6.60. The predicted molar refractivity (Wildman–Crippen MR) is 130 cm³/mol. The Labute approximate surface area is 238 Å². The van der Waals surface area contributed by atoms with Gasteiger partial charge in [0, 0.05) is 36.5 Å². The van der Waals surface area contributed by atoms with Crippen molar-refractivity contribution in [1.29, 1.82) is 0 Å². The molecule has 0 aliphatic carbocycles. The van der Waals surface area contributed by atoms with E-state index in [4.69, 9.17) is 15.2 Å². The highest BCUT2D eigenvalue weighted by atomic mass is 32.2. The minimum Gasteiger partial charge on any atom is -0.438 e. The van der Waals surface area contributed by atoms with Crippen LogP contribution >= 0.6 is 0 Å². The first-order valence-corrected chi connectivity index (χ1v) is 13.2. The van der Waals surface area contributed by atoms with Crippen LogP contribution in [0.25, 0.3) is 0 Å². The lowest BCUT2D eigenvalue weighted by Gasteiger charge is -2.35. The summed E-state index contributed by atoms with van der Waals surface area (Å²) in [5.74, 6) is -10.3. The van der Waals surface area contributed by atoms with E-state index in [2.05, 4.69) is 26.3 Å². The molecule has 43 heavy (non-hydrogen) atoms. The predicted octanol–water partition coefficient (Wildman–Crippen LogP) is 4.79. The lowest BCUT2D eigenvalue weighted by Crippen LogP contribution is -2.63. The van der Waals surface area contributed by atoms with E-state index in [9.17, 15) is 47.9 Å². The number of methoxy groups -OCH3 is 1. The van der Waals surface area contributed by atoms with E-state index in [1.807, 2.05) is 0 Å². The van der Waals surface area contributed by atoms with Crippen molar-refractivity contribution >= 4 is 10.1 Å². The SMILES string of the molecule is COC(C)(C)C#Cc1cnc2c(c1)[C@@]1(C=C(N)NC1)c1cc(OS(=O)(=O)C(F)(F)C(F)(F)C(F)(F)C(F)(F)F)ccc1O2. The number of ether oxygens (including phenoxy) is 2. The van der Waals surface area contributed by atoms with Gasteiger partial charge in [0.25, 0.3) is 0 Å². The van der Waals surface area contributed by atoms with Gasteiger partial charge in [0.15, 0.2) is 0 Å². The second-order valence-corrected chi connectivity index (χ2v) is 11.5. The van der Waals surface area contributed by atoms with Crippen LogP contribution in [-0.2, 0) is 20.3 Å². The lowest BCUT2D eigenvalue weighted by atomic mass is 9.73. The number of nitrogens with one attached hydrogen (secondary N) is 1. The van der Waals surface area contributed by atoms with Crippen LogP contribution in [0.1, 0.15) is 30.5 Å². The summed E-state index contributed by atoms with van der Waals surface area (Å²) >= 11 is 0. The molecular weight excluding hydrogens is 625 g/mol. The number of rotatable bonds is 6. The molecule has 18 heteroatoms. The maximum atomic E-state index is 14.3. The van der Waals surface area contributed by atoms with Crippen LogP contribution in [-0.4, -0.2) is 55.9 Å². The Morgan fingerprint density at radius 3 is 2.23 bits per heavy atom. The Balaban J connectivity index is 1.79. The summed E-state index contributed by atoms with van der Waals surface area (Å²) in [5.41, 5.74) is 4.26. The summed E-state index contributed by atoms with van der Waals surface area (Å²) in [5, 5.41) is -4.22. The van der Waals surface area contributed by atoms with Crippen molar-refractivity contribution in [3.8, 4) is 29.2 Å². The zero-order valence-corrected chi connectivity index (χ0v) is 22.9. The summed E-state index contributed by atoms with van der Waals surface area (Å²) in [6, 6.07) is 3.87. The van der Waals surface area contributed by atoms with Crippen molar-refractivity contribution in [2.75, 3.05) is 13.7 Å². The quantitative estimate of drug-likeness (QED) is 0.262. The van der Waals surface area contributed by atoms with Crippen molar-refractivity contribution in [2.24, 2.45) is 5.73 Å². The number of alkyl halides is 9. The van der Waals surface area contributed by atoms with Crippen LogP contribution in [0.3, 0.4) is 0 Å². The van der Waals surface area contributed by atoms with E-state index >= 15 is 0 Å². The number of aromatic nitrogens is 1. The average Bonchev–Trinajstić information content (AvgIpc) is 3.29. The molecule has 0 saturated heterocycles. The Morgan fingerprint density at radius 1 is 1.02 bits per heavy atom. The Bertz CT molecular complexity index is 1660. The van der Waals surface area contributed by atoms with Gasteiger partial charge in [0.05, 0.1) is 11.2 Å². The number of halogens is 9. The number of nitrogens with two attached hydrogens (primary N) is 1. The van der Waals surface area contributed by atoms with Gasteiger partial charge >= 0.3 is 33.4 Å². The normalized spacial score (nSPS) is 18.9. The van der Waals surface area contributed by atoms with E-state index < -0.39 is 50.2 Å². The molecule has 4 rings (SSSR count). The molecule has 0 unspecified atom stereocenters. The van der Waals surface area contributed by atoms with Gasteiger partial charge in [-0.05, 0) is 44.2 Å². The minimum atomic E-state index is -7.46. The molecule has 0 amide bonds. The maximum Gasteiger partial charge on any atom is 0.460 e. The topological polar surface area (TPSA) is 113 Å². The van der Waals surface area contributed by atoms with Gasteiger partial charge in [-0.3, -0.25) is 0 Å². The highest BCUT2D eigenvalue weighted by molar-refractivity contribution is 7.88. The molecule has 234 valence electrons. The van der Waals surface area contributed by atoms with E-state index in [0.29, 0.717) is 11.6 Å². The summed E-state index contributed by atoms with van der Waals surface area (Å²) in [6.07, 6.45) is -4.43. The molecule has 2 aromatic rings. The van der Waals surface area contributed by atoms with Crippen molar-refractivity contribution in [3.63, 3.8) is 0 Å². The highest BCUT2D eigenvalue weighted by Crippen LogP contribution is 2.55. The van der Waals surface area contributed by atoms with E-state index in [1.165, 1.54) is 25.4 Å². The van der Waals surface area contributed by atoms with Crippen molar-refractivity contribution in [2.45, 2.75) is 48.1 Å². The zero-order chi connectivity index (χ0) is 32.4. The van der Waals surface area contributed by atoms with Gasteiger partial charge in [-0.1, -0.05) is 11.8 Å². The van der Waals surface area contributed by atoms with Crippen LogP contribution in [0.2, 0.25) is 0 Å². The molecule has 8 nitrogen and oxygen atoms in total. The number of pyridine rings is 1. The Kier molecular flexibility index (Phi) is 7.34. The molecule has 2 aliphatic rings. The van der Waals surface area contributed by atoms with Gasteiger partial charge in [-0.25, -0.2) is 4.98 Å². The molecule has 1 spiro atoms. The van der Waals surface area contributed by atoms with Crippen molar-refractivity contribution in [3.05, 3.63) is 59.0 Å². The summed E-state index contributed by atoms with van der Waals surface area (Å²) in [6.45, 7) is 3.32. The molecule has 3 heterocycles. The number of nitrogens with zero attached hydrogens (tertiary/aromatic N) is 1. The molecule has 1 atom stereocenters. The monoisotopic (exact) mass is 645 g/mol. The highest BCUT2D eigenvalue weighted by Gasteiger charge is 2.86. The third kappa shape index (κ3) is 5.07. The van der Waals surface area contributed by atoms with Crippen LogP contribution in [0.5, 0.6) is 17.4 Å². The largest absolute Gasteiger partial charge is 0.460 e. The van der Waals surface area contributed by atoms with Gasteiger partial charge in [-0.15, -0.1) is 0 Å². The number of benzene rings is 1. The van der Waals surface area contributed by atoms with Crippen LogP contribution in [0.4, 0.5) is 39.5 Å². The molecule has 0 bridgehead atoms. The number of fused-ring (bicyclic) bond motifs is 4. The molecule has 0 radical (unpaired) electrons. The molecule has 1 aromatic carbocycles. The molecule has 3 N–H and O–H groups in total. The number of hydrogen-bond donors (Lipinski definition) is 2. The first-order chi connectivity index (χ1) is 19.5. The summed E-state index contributed by atoms with van der Waals surface area (Å²) in [7, 11) is -5.74. The van der Waals surface area contributed by atoms with Gasteiger partial charge < -0.3 is 24.7 Å². The van der Waals surface area contributed by atoms with Crippen LogP contribution in [0, 0.1) is 11.8 Å². The molecule has 2 aliphatic heterocycles. The van der Waals surface area contributed by atoms with Crippen molar-refractivity contribution < 1.29 is 61.6 Å². The fourth-order valence-corrected chi connectivity index (χ4v) is 5.00. The second-order valence-electron chi connectivity index (χ2n) is 9.93. The average molecular weight is 646 g/mol. The molecule has 0 saturated carbocycles. The third-order valence-corrected chi connectivity index (χ3v) is 7.89. The van der Waals surface area contributed by atoms with E-state index in [1.54, 1.807) is 13.8 Å². The van der Waals surface area contributed by atoms with E-state index in [0.717, 1.165) is 12.1 Å². The van der Waals surface area contributed by atoms with E-state index in [-0.39, 0.29) is 35.1 Å². The van der Waals surface area contributed by atoms with Gasteiger partial charge in [-0.2, -0.15) is 47.9 Å². The van der Waals surface area contributed by atoms with Gasteiger partial charge in [0.2, 0.25) is 5.88 Å².